The van der Waals surface area contributed by atoms with Crippen molar-refractivity contribution in [2.75, 3.05) is 0 Å². The normalized spacial score (nSPS) is 4.78. The van der Waals surface area contributed by atoms with E-state index in [0.717, 1.165) is 0 Å². The molecule has 0 bridgehead atoms. The zero-order chi connectivity index (χ0) is 8.15. The molecule has 0 unspecified atom stereocenters. The summed E-state index contributed by atoms with van der Waals surface area (Å²) in [6.45, 7) is 0. The Morgan fingerprint density at radius 2 is 0.778 bits per heavy atom. The van der Waals surface area contributed by atoms with Crippen molar-refractivity contribution in [3.8, 4) is 0 Å². The fourth-order valence-electron chi connectivity index (χ4n) is 0. The third-order valence-electron chi connectivity index (χ3n) is 0. The molecule has 0 aromatic rings. The van der Waals surface area contributed by atoms with Gasteiger partial charge < -0.3 is 0 Å². The molecule has 0 saturated heterocycles. The summed E-state index contributed by atoms with van der Waals surface area (Å²) >= 11 is -9.85. The van der Waals surface area contributed by atoms with E-state index in [1.54, 1.807) is 0 Å². The van der Waals surface area contributed by atoms with E-state index >= 15 is 0 Å². The summed E-state index contributed by atoms with van der Waals surface area (Å²) in [5, 5.41) is 0. The van der Waals surface area contributed by atoms with Gasteiger partial charge in [0.15, 0.2) is 0 Å². The molecule has 0 radical (unpaired) electrons. The van der Waals surface area contributed by atoms with E-state index in [0.29, 0.717) is 0 Å². The molecule has 0 aliphatic carbocycles. The summed E-state index contributed by atoms with van der Waals surface area (Å²) < 4.78 is 60.2. The Bertz CT molecular complexity index is 351. The maximum absolute atomic E-state index is 8.65. The van der Waals surface area contributed by atoms with Crippen molar-refractivity contribution in [1.82, 2.24) is 0 Å². The molecular weight excluding hydrogens is 208 g/mol. The topological polar surface area (TPSA) is 119 Å². The summed E-state index contributed by atoms with van der Waals surface area (Å²) in [6.07, 6.45) is 0. The zero-order valence-electron chi connectivity index (χ0n) is 3.86. The van der Waals surface area contributed by atoms with Crippen LogP contribution >= 0.6 is 0 Å². The summed E-state index contributed by atoms with van der Waals surface area (Å²) in [6, 6.07) is 0. The Morgan fingerprint density at radius 1 is 0.778 bits per heavy atom. The van der Waals surface area contributed by atoms with Gasteiger partial charge in [-0.3, -0.25) is 0 Å². The molecule has 0 atom stereocenters. The standard InChI is InChI=1S/7O.2Ti. The quantitative estimate of drug-likeness (QED) is 0.475. The molecule has 0 aliphatic heterocycles. The van der Waals surface area contributed by atoms with E-state index in [9.17, 15) is 0 Å². The first-order chi connectivity index (χ1) is 3.65. The average Bonchev–Trinajstić information content (AvgIpc) is 1.23. The monoisotopic (exact) mass is 208 g/mol. The third kappa shape index (κ3) is 357000. The second kappa shape index (κ2) is 3.26. The van der Waals surface area contributed by atoms with Crippen molar-refractivity contribution < 1.29 is 57.5 Å². The van der Waals surface area contributed by atoms with Crippen LogP contribution in [0.15, 0.2) is 0 Å². The van der Waals surface area contributed by atoms with Crippen LogP contribution in [0, 0.1) is 0 Å². The molecule has 0 rings (SSSR count). The summed E-state index contributed by atoms with van der Waals surface area (Å²) in [7, 11) is 0. The van der Waals surface area contributed by atoms with Gasteiger partial charge in [0, 0.05) is 0 Å². The SMILES string of the molecule is [O]=[Ti](=[O])(=[O])(=[O])=[O].[O]=[Ti]=[O]. The zero-order valence-corrected chi connectivity index (χ0v) is 6.98. The Balaban J connectivity index is 0. The van der Waals surface area contributed by atoms with Crippen molar-refractivity contribution in [3.05, 3.63) is 0 Å². The van der Waals surface area contributed by atoms with E-state index in [2.05, 4.69) is 0 Å². The molecule has 0 amide bonds. The first kappa shape index (κ1) is 11.8. The Hall–Kier alpha value is 0.0286. The minimum atomic E-state index is -7.85. The van der Waals surface area contributed by atoms with Crippen molar-refractivity contribution in [2.24, 2.45) is 0 Å². The van der Waals surface area contributed by atoms with Gasteiger partial charge in [0.05, 0.1) is 0 Å². The van der Waals surface area contributed by atoms with Gasteiger partial charge in [-0.05, 0) is 0 Å². The molecule has 0 aromatic heterocycles. The van der Waals surface area contributed by atoms with Crippen molar-refractivity contribution in [3.63, 3.8) is 0 Å². The summed E-state index contributed by atoms with van der Waals surface area (Å²) in [5.41, 5.74) is 0. The minimum absolute atomic E-state index is 2.00. The summed E-state index contributed by atoms with van der Waals surface area (Å²) in [5.74, 6) is 0. The van der Waals surface area contributed by atoms with E-state index < -0.39 is 34.2 Å². The van der Waals surface area contributed by atoms with Crippen molar-refractivity contribution in [2.45, 2.75) is 0 Å². The molecule has 0 aliphatic rings. The molecule has 0 heterocycles. The molecule has 9 heavy (non-hydrogen) atoms. The van der Waals surface area contributed by atoms with Gasteiger partial charge in [0.2, 0.25) is 0 Å². The predicted molar refractivity (Wildman–Crippen MR) is 4.81 cm³/mol. The van der Waals surface area contributed by atoms with Crippen LogP contribution < -0.4 is 0 Å². The van der Waals surface area contributed by atoms with E-state index in [1.165, 1.54) is 0 Å². The van der Waals surface area contributed by atoms with Crippen LogP contribution in [0.2, 0.25) is 0 Å². The predicted octanol–water partition coefficient (Wildman–Crippen LogP) is -0.837. The van der Waals surface area contributed by atoms with Crippen LogP contribution in [0.1, 0.15) is 0 Å². The van der Waals surface area contributed by atoms with Crippen molar-refractivity contribution >= 4 is 0 Å². The van der Waals surface area contributed by atoms with Gasteiger partial charge in [-0.15, -0.1) is 0 Å². The van der Waals surface area contributed by atoms with Crippen LogP contribution in [0.3, 0.4) is 0 Å². The Morgan fingerprint density at radius 3 is 0.778 bits per heavy atom. The summed E-state index contributed by atoms with van der Waals surface area (Å²) in [4.78, 5) is 0. The fourth-order valence-corrected chi connectivity index (χ4v) is 0. The van der Waals surface area contributed by atoms with E-state index in [-0.39, 0.29) is 0 Å². The van der Waals surface area contributed by atoms with Crippen LogP contribution in [0.4, 0.5) is 0 Å². The second-order valence-electron chi connectivity index (χ2n) is 0.917. The van der Waals surface area contributed by atoms with Gasteiger partial charge in [-0.2, -0.15) is 0 Å². The molecule has 9 heteroatoms. The molecule has 0 aromatic carbocycles. The average molecular weight is 208 g/mol. The molecule has 0 fully saturated rings. The van der Waals surface area contributed by atoms with Gasteiger partial charge >= 0.3 is 57.5 Å². The van der Waals surface area contributed by atoms with Crippen LogP contribution in [0.25, 0.3) is 0 Å². The fraction of sp³-hybridized carbons (Fsp3) is 0. The third-order valence-corrected chi connectivity index (χ3v) is 0. The van der Waals surface area contributed by atoms with Gasteiger partial charge in [0.1, 0.15) is 0 Å². The van der Waals surface area contributed by atoms with Crippen LogP contribution in [0.5, 0.6) is 0 Å². The number of hydrogen-bond acceptors (Lipinski definition) is 7. The maximum atomic E-state index is 8.65. The molecule has 7 nitrogen and oxygen atoms in total. The van der Waals surface area contributed by atoms with Gasteiger partial charge in [-0.25, -0.2) is 0 Å². The number of rotatable bonds is 0. The molecule has 0 saturated carbocycles. The molecule has 50 valence electrons. The molecule has 0 N–H and O–H groups in total. The van der Waals surface area contributed by atoms with E-state index in [4.69, 9.17) is 23.3 Å². The van der Waals surface area contributed by atoms with E-state index in [1.807, 2.05) is 0 Å². The van der Waals surface area contributed by atoms with Crippen molar-refractivity contribution in [1.29, 1.82) is 0 Å². The Kier molecular flexibility index (Phi) is 4.27. The van der Waals surface area contributed by atoms with Gasteiger partial charge in [-0.1, -0.05) is 0 Å². The number of hydrogen-bond donors (Lipinski definition) is 0. The second-order valence-corrected chi connectivity index (χ2v) is 3.78. The van der Waals surface area contributed by atoms with Crippen LogP contribution in [-0.2, 0) is 57.5 Å². The molecule has 0 spiro atoms. The van der Waals surface area contributed by atoms with Crippen LogP contribution in [-0.4, -0.2) is 0 Å². The molecular formula is O7Ti2. The Labute approximate surface area is 57.5 Å². The van der Waals surface area contributed by atoms with Gasteiger partial charge in [0.25, 0.3) is 0 Å². The first-order valence-corrected chi connectivity index (χ1v) is 5.89. The first-order valence-electron chi connectivity index (χ1n) is 1.43.